The maximum atomic E-state index is 12.9. The molecule has 0 unspecified atom stereocenters. The van der Waals surface area contributed by atoms with Gasteiger partial charge in [-0.1, -0.05) is 29.8 Å². The summed E-state index contributed by atoms with van der Waals surface area (Å²) in [6.07, 6.45) is 2.70. The Morgan fingerprint density at radius 2 is 1.89 bits per heavy atom. The van der Waals surface area contributed by atoms with Crippen molar-refractivity contribution in [1.29, 1.82) is 0 Å². The summed E-state index contributed by atoms with van der Waals surface area (Å²) in [5, 5.41) is 7.21. The molecular weight excluding hydrogens is 504 g/mol. The monoisotopic (exact) mass is 534 g/mol. The van der Waals surface area contributed by atoms with Gasteiger partial charge in [0, 0.05) is 43.4 Å². The minimum absolute atomic E-state index is 0.167. The SMILES string of the molecule is CCN(C)c1ccc(Nc2ncc(Cl)c(-c3cn(C(=O)OC(C)(C)C)c4ccccc34)n2)cc1NC(C)=O. The number of fused-ring (bicyclic) bond motifs is 1. The van der Waals surface area contributed by atoms with Gasteiger partial charge >= 0.3 is 6.09 Å². The summed E-state index contributed by atoms with van der Waals surface area (Å²) in [5.74, 6) is 0.142. The first-order valence-electron chi connectivity index (χ1n) is 12.2. The largest absolute Gasteiger partial charge is 0.443 e. The number of carbonyl (C=O) groups excluding carboxylic acids is 2. The lowest BCUT2D eigenvalue weighted by Crippen LogP contribution is -2.26. The maximum absolute atomic E-state index is 12.9. The summed E-state index contributed by atoms with van der Waals surface area (Å²) in [6, 6.07) is 13.1. The number of ether oxygens (including phenoxy) is 1. The van der Waals surface area contributed by atoms with Gasteiger partial charge in [-0.05, 0) is 52.0 Å². The Morgan fingerprint density at radius 3 is 2.58 bits per heavy atom. The van der Waals surface area contributed by atoms with Gasteiger partial charge in [-0.2, -0.15) is 0 Å². The van der Waals surface area contributed by atoms with Gasteiger partial charge in [0.05, 0.1) is 33.8 Å². The lowest BCUT2D eigenvalue weighted by Gasteiger charge is -2.21. The van der Waals surface area contributed by atoms with E-state index in [1.807, 2.05) is 82.1 Å². The van der Waals surface area contributed by atoms with Crippen LogP contribution < -0.4 is 15.5 Å². The molecule has 0 saturated heterocycles. The van der Waals surface area contributed by atoms with Gasteiger partial charge in [-0.3, -0.25) is 9.36 Å². The number of benzene rings is 2. The standard InChI is InChI=1S/C28H31ClN6O3/c1-7-34(6)24-13-12-18(14-22(24)31-17(2)36)32-26-30-15-21(29)25(33-26)20-16-35(27(37)38-28(3,4)5)23-11-9-8-10-19(20)23/h8-16H,7H2,1-6H3,(H,31,36)(H,30,32,33). The topological polar surface area (TPSA) is 101 Å². The number of rotatable bonds is 6. The molecule has 0 radical (unpaired) electrons. The van der Waals surface area contributed by atoms with Crippen LogP contribution in [-0.2, 0) is 9.53 Å². The van der Waals surface area contributed by atoms with Crippen LogP contribution in [0.15, 0.2) is 54.9 Å². The number of nitrogens with zero attached hydrogens (tertiary/aromatic N) is 4. The van der Waals surface area contributed by atoms with Crippen molar-refractivity contribution >= 4 is 57.5 Å². The zero-order chi connectivity index (χ0) is 27.6. The third kappa shape index (κ3) is 5.89. The highest BCUT2D eigenvalue weighted by Crippen LogP contribution is 2.35. The van der Waals surface area contributed by atoms with E-state index >= 15 is 0 Å². The first kappa shape index (κ1) is 26.9. The van der Waals surface area contributed by atoms with E-state index in [1.54, 1.807) is 6.20 Å². The van der Waals surface area contributed by atoms with E-state index in [-0.39, 0.29) is 5.91 Å². The van der Waals surface area contributed by atoms with Crippen LogP contribution in [0.4, 0.5) is 27.8 Å². The summed E-state index contributed by atoms with van der Waals surface area (Å²) in [7, 11) is 1.95. The average Bonchev–Trinajstić information content (AvgIpc) is 3.23. The zero-order valence-corrected chi connectivity index (χ0v) is 23.1. The van der Waals surface area contributed by atoms with E-state index in [1.165, 1.54) is 17.7 Å². The summed E-state index contributed by atoms with van der Waals surface area (Å²) in [6.45, 7) is 9.74. The van der Waals surface area contributed by atoms with Crippen LogP contribution in [0, 0.1) is 0 Å². The molecule has 10 heteroatoms. The molecule has 0 fully saturated rings. The molecule has 0 saturated carbocycles. The quantitative estimate of drug-likeness (QED) is 0.284. The lowest BCUT2D eigenvalue weighted by molar-refractivity contribution is -0.114. The predicted octanol–water partition coefficient (Wildman–Crippen LogP) is 6.69. The van der Waals surface area contributed by atoms with Crippen molar-refractivity contribution in [3.8, 4) is 11.3 Å². The van der Waals surface area contributed by atoms with E-state index in [4.69, 9.17) is 16.3 Å². The van der Waals surface area contributed by atoms with Gasteiger partial charge in [0.15, 0.2) is 0 Å². The highest BCUT2D eigenvalue weighted by atomic mass is 35.5. The lowest BCUT2D eigenvalue weighted by atomic mass is 10.1. The summed E-state index contributed by atoms with van der Waals surface area (Å²) in [5.41, 5.74) is 3.40. The Labute approximate surface area is 226 Å². The zero-order valence-electron chi connectivity index (χ0n) is 22.3. The molecule has 2 heterocycles. The molecule has 0 bridgehead atoms. The normalized spacial score (nSPS) is 11.3. The molecule has 0 aliphatic heterocycles. The van der Waals surface area contributed by atoms with Gasteiger partial charge in [-0.15, -0.1) is 0 Å². The Hall–Kier alpha value is -4.11. The smallest absolute Gasteiger partial charge is 0.419 e. The fraction of sp³-hybridized carbons (Fsp3) is 0.286. The average molecular weight is 535 g/mol. The van der Waals surface area contributed by atoms with Crippen molar-refractivity contribution in [2.24, 2.45) is 0 Å². The molecule has 2 aromatic heterocycles. The van der Waals surface area contributed by atoms with Crippen LogP contribution >= 0.6 is 11.6 Å². The van der Waals surface area contributed by atoms with Crippen LogP contribution in [0.5, 0.6) is 0 Å². The number of aromatic nitrogens is 3. The molecule has 0 aliphatic rings. The Kier molecular flexibility index (Phi) is 7.59. The third-order valence-electron chi connectivity index (χ3n) is 5.75. The van der Waals surface area contributed by atoms with Gasteiger partial charge in [0.25, 0.3) is 0 Å². The summed E-state index contributed by atoms with van der Waals surface area (Å²) in [4.78, 5) is 35.8. The maximum Gasteiger partial charge on any atom is 0.419 e. The van der Waals surface area contributed by atoms with E-state index in [2.05, 4.69) is 20.6 Å². The van der Waals surface area contributed by atoms with E-state index in [0.29, 0.717) is 39.1 Å². The Morgan fingerprint density at radius 1 is 1.16 bits per heavy atom. The number of amides is 1. The molecule has 9 nitrogen and oxygen atoms in total. The molecule has 38 heavy (non-hydrogen) atoms. The first-order chi connectivity index (χ1) is 18.0. The van der Waals surface area contributed by atoms with Gasteiger partial charge < -0.3 is 20.3 Å². The van der Waals surface area contributed by atoms with E-state index in [9.17, 15) is 9.59 Å². The molecule has 4 rings (SSSR count). The molecule has 2 N–H and O–H groups in total. The van der Waals surface area contributed by atoms with Crippen molar-refractivity contribution < 1.29 is 14.3 Å². The highest BCUT2D eigenvalue weighted by Gasteiger charge is 2.23. The first-order valence-corrected chi connectivity index (χ1v) is 12.6. The minimum Gasteiger partial charge on any atom is -0.443 e. The van der Waals surface area contributed by atoms with Crippen LogP contribution in [0.3, 0.4) is 0 Å². The molecule has 0 atom stereocenters. The van der Waals surface area contributed by atoms with Crippen LogP contribution in [-0.4, -0.2) is 45.7 Å². The Bertz CT molecular complexity index is 1510. The van der Waals surface area contributed by atoms with Crippen LogP contribution in [0.25, 0.3) is 22.2 Å². The van der Waals surface area contributed by atoms with Gasteiger partial charge in [-0.25, -0.2) is 14.8 Å². The van der Waals surface area contributed by atoms with Crippen LogP contribution in [0.1, 0.15) is 34.6 Å². The molecule has 2 aromatic carbocycles. The molecule has 198 valence electrons. The number of hydrogen-bond acceptors (Lipinski definition) is 7. The molecule has 1 amide bonds. The highest BCUT2D eigenvalue weighted by molar-refractivity contribution is 6.33. The second-order valence-electron chi connectivity index (χ2n) is 9.85. The fourth-order valence-corrected chi connectivity index (χ4v) is 4.18. The number of hydrogen-bond donors (Lipinski definition) is 2. The number of anilines is 4. The summed E-state index contributed by atoms with van der Waals surface area (Å²) < 4.78 is 7.06. The number of carbonyl (C=O) groups is 2. The molecule has 0 aliphatic carbocycles. The van der Waals surface area contributed by atoms with Gasteiger partial charge in [0.2, 0.25) is 11.9 Å². The van der Waals surface area contributed by atoms with E-state index in [0.717, 1.165) is 17.6 Å². The fourth-order valence-electron chi connectivity index (χ4n) is 3.98. The second kappa shape index (κ2) is 10.7. The molecule has 4 aromatic rings. The van der Waals surface area contributed by atoms with Crippen molar-refractivity contribution in [3.63, 3.8) is 0 Å². The van der Waals surface area contributed by atoms with Crippen molar-refractivity contribution in [2.45, 2.75) is 40.2 Å². The second-order valence-corrected chi connectivity index (χ2v) is 10.3. The van der Waals surface area contributed by atoms with Crippen LogP contribution in [0.2, 0.25) is 5.02 Å². The summed E-state index contributed by atoms with van der Waals surface area (Å²) >= 11 is 6.55. The third-order valence-corrected chi connectivity index (χ3v) is 6.03. The number of para-hydroxylation sites is 1. The minimum atomic E-state index is -0.649. The van der Waals surface area contributed by atoms with Gasteiger partial charge in [0.1, 0.15) is 5.60 Å². The van der Waals surface area contributed by atoms with Crippen molar-refractivity contribution in [2.75, 3.05) is 29.1 Å². The molecular formula is C28H31ClN6O3. The Balaban J connectivity index is 1.73. The predicted molar refractivity (Wildman–Crippen MR) is 153 cm³/mol. The number of nitrogens with one attached hydrogen (secondary N) is 2. The van der Waals surface area contributed by atoms with Crippen molar-refractivity contribution in [3.05, 3.63) is 59.9 Å². The van der Waals surface area contributed by atoms with Crippen molar-refractivity contribution in [1.82, 2.24) is 14.5 Å². The number of halogens is 1. The molecule has 0 spiro atoms. The van der Waals surface area contributed by atoms with E-state index < -0.39 is 11.7 Å².